The van der Waals surface area contributed by atoms with E-state index >= 15 is 0 Å². The van der Waals surface area contributed by atoms with Crippen molar-refractivity contribution in [2.75, 3.05) is 19.8 Å². The molecule has 182 valence electrons. The predicted octanol–water partition coefficient (Wildman–Crippen LogP) is 3.35. The molecule has 1 atom stereocenters. The zero-order valence-corrected chi connectivity index (χ0v) is 21.4. The molecular weight excluding hydrogens is 550 g/mol. The molecule has 0 unspecified atom stereocenters. The van der Waals surface area contributed by atoms with Gasteiger partial charge in [-0.2, -0.15) is 9.41 Å². The van der Waals surface area contributed by atoms with Crippen LogP contribution in [0.25, 0.3) is 0 Å². The third-order valence-electron chi connectivity index (χ3n) is 4.92. The van der Waals surface area contributed by atoms with Crippen molar-refractivity contribution in [3.63, 3.8) is 0 Å². The number of sulfonamides is 1. The normalized spacial score (nSPS) is 16.5. The molecule has 1 heterocycles. The van der Waals surface area contributed by atoms with Crippen LogP contribution in [-0.4, -0.2) is 56.6 Å². The van der Waals surface area contributed by atoms with E-state index in [-0.39, 0.29) is 24.7 Å². The largest absolute Gasteiger partial charge is 0.481 e. The number of ether oxygens (including phenoxy) is 2. The number of carbonyl (C=O) groups excluding carboxylic acids is 2. The maximum atomic E-state index is 13.0. The molecule has 34 heavy (non-hydrogen) atoms. The Kier molecular flexibility index (Phi) is 9.06. The van der Waals surface area contributed by atoms with Gasteiger partial charge < -0.3 is 9.47 Å². The first-order valence-electron chi connectivity index (χ1n) is 10.4. The summed E-state index contributed by atoms with van der Waals surface area (Å²) >= 11 is 9.21. The summed E-state index contributed by atoms with van der Waals surface area (Å²) in [4.78, 5) is 24.2. The Morgan fingerprint density at radius 3 is 2.68 bits per heavy atom. The van der Waals surface area contributed by atoms with Crippen molar-refractivity contribution in [3.05, 3.63) is 57.5 Å². The van der Waals surface area contributed by atoms with Crippen molar-refractivity contribution in [2.24, 2.45) is 5.10 Å². The van der Waals surface area contributed by atoms with E-state index in [9.17, 15) is 18.0 Å². The fourth-order valence-corrected chi connectivity index (χ4v) is 5.62. The maximum absolute atomic E-state index is 13.0. The first-order valence-corrected chi connectivity index (χ1v) is 13.0. The summed E-state index contributed by atoms with van der Waals surface area (Å²) in [6.07, 6.45) is 2.38. The first-order chi connectivity index (χ1) is 16.2. The third kappa shape index (κ3) is 6.56. The van der Waals surface area contributed by atoms with Gasteiger partial charge in [-0.3, -0.25) is 4.79 Å². The quantitative estimate of drug-likeness (QED) is 0.280. The molecule has 1 aliphatic rings. The molecule has 2 aromatic carbocycles. The Bertz CT molecular complexity index is 1170. The summed E-state index contributed by atoms with van der Waals surface area (Å²) in [5, 5.41) is 4.38. The molecule has 2 aromatic rings. The van der Waals surface area contributed by atoms with Crippen LogP contribution in [0.3, 0.4) is 0 Å². The van der Waals surface area contributed by atoms with Crippen LogP contribution in [0.2, 0.25) is 5.02 Å². The average Bonchev–Trinajstić information content (AvgIpc) is 3.30. The van der Waals surface area contributed by atoms with Crippen molar-refractivity contribution in [3.8, 4) is 5.75 Å². The van der Waals surface area contributed by atoms with Gasteiger partial charge in [0.25, 0.3) is 5.91 Å². The first kappa shape index (κ1) is 26.1. The van der Waals surface area contributed by atoms with Gasteiger partial charge in [0.1, 0.15) is 11.8 Å². The van der Waals surface area contributed by atoms with Crippen LogP contribution < -0.4 is 10.2 Å². The van der Waals surface area contributed by atoms with Gasteiger partial charge in [-0.25, -0.2) is 18.6 Å². The molecule has 0 radical (unpaired) electrons. The molecular formula is C22H23BrClN3O6S. The second-order valence-electron chi connectivity index (χ2n) is 7.25. The molecule has 0 spiro atoms. The fraction of sp³-hybridized carbons (Fsp3) is 0.318. The predicted molar refractivity (Wildman–Crippen MR) is 130 cm³/mol. The number of nitrogens with zero attached hydrogens (tertiary/aromatic N) is 2. The molecule has 1 N–H and O–H groups in total. The van der Waals surface area contributed by atoms with E-state index in [4.69, 9.17) is 21.1 Å². The highest BCUT2D eigenvalue weighted by atomic mass is 79.9. The van der Waals surface area contributed by atoms with Crippen molar-refractivity contribution in [2.45, 2.75) is 30.7 Å². The average molecular weight is 573 g/mol. The summed E-state index contributed by atoms with van der Waals surface area (Å²) < 4.78 is 37.9. The third-order valence-corrected chi connectivity index (χ3v) is 7.72. The van der Waals surface area contributed by atoms with Gasteiger partial charge in [0.05, 0.1) is 22.2 Å². The number of halogens is 2. The van der Waals surface area contributed by atoms with Crippen LogP contribution >= 0.6 is 27.5 Å². The van der Waals surface area contributed by atoms with Gasteiger partial charge in [-0.05, 0) is 83.7 Å². The lowest BCUT2D eigenvalue weighted by molar-refractivity contribution is -0.145. The standard InChI is InChI=1S/C22H23BrClN3O6S/c1-2-32-21(28)14-33-20-10-5-15(12-18(20)23)13-25-26-22(29)19-4-3-11-27(19)34(30,31)17-8-6-16(24)7-9-17/h5-10,12-13,19H,2-4,11,14H2,1H3,(H,26,29)/b25-13-/t19-/m0/s1. The molecule has 12 heteroatoms. The van der Waals surface area contributed by atoms with Gasteiger partial charge in [0.2, 0.25) is 10.0 Å². The molecule has 1 aliphatic heterocycles. The highest BCUT2D eigenvalue weighted by molar-refractivity contribution is 9.10. The van der Waals surface area contributed by atoms with E-state index in [1.807, 2.05) is 0 Å². The lowest BCUT2D eigenvalue weighted by Gasteiger charge is -2.22. The minimum absolute atomic E-state index is 0.0789. The van der Waals surface area contributed by atoms with Crippen molar-refractivity contribution in [1.82, 2.24) is 9.73 Å². The molecule has 1 fully saturated rings. The maximum Gasteiger partial charge on any atom is 0.344 e. The Morgan fingerprint density at radius 1 is 1.26 bits per heavy atom. The van der Waals surface area contributed by atoms with Crippen LogP contribution in [0.4, 0.5) is 0 Å². The number of benzene rings is 2. The van der Waals surface area contributed by atoms with Gasteiger partial charge in [0, 0.05) is 11.6 Å². The molecule has 0 bridgehead atoms. The molecule has 9 nitrogen and oxygen atoms in total. The second kappa shape index (κ2) is 11.8. The van der Waals surface area contributed by atoms with Crippen LogP contribution in [0, 0.1) is 0 Å². The van der Waals surface area contributed by atoms with E-state index in [1.54, 1.807) is 25.1 Å². The summed E-state index contributed by atoms with van der Waals surface area (Å²) in [6.45, 7) is 2.01. The minimum Gasteiger partial charge on any atom is -0.481 e. The number of amides is 1. The number of hydrazone groups is 1. The Hall–Kier alpha value is -2.47. The smallest absolute Gasteiger partial charge is 0.344 e. The summed E-state index contributed by atoms with van der Waals surface area (Å²) in [5.74, 6) is -0.537. The second-order valence-corrected chi connectivity index (χ2v) is 10.4. The number of hydrogen-bond donors (Lipinski definition) is 1. The van der Waals surface area contributed by atoms with E-state index in [2.05, 4.69) is 26.5 Å². The van der Waals surface area contributed by atoms with Gasteiger partial charge in [-0.15, -0.1) is 0 Å². The van der Waals surface area contributed by atoms with E-state index in [1.165, 1.54) is 34.8 Å². The number of hydrogen-bond acceptors (Lipinski definition) is 7. The van der Waals surface area contributed by atoms with Crippen molar-refractivity contribution >= 4 is 55.6 Å². The van der Waals surface area contributed by atoms with E-state index in [0.29, 0.717) is 33.6 Å². The van der Waals surface area contributed by atoms with Crippen LogP contribution in [0.5, 0.6) is 5.75 Å². The fourth-order valence-electron chi connectivity index (χ4n) is 3.33. The lowest BCUT2D eigenvalue weighted by Crippen LogP contribution is -2.44. The molecule has 0 saturated carbocycles. The van der Waals surface area contributed by atoms with Crippen molar-refractivity contribution in [1.29, 1.82) is 0 Å². The Balaban J connectivity index is 1.61. The summed E-state index contributed by atoms with van der Waals surface area (Å²) in [7, 11) is -3.84. The molecule has 0 aliphatic carbocycles. The van der Waals surface area contributed by atoms with Gasteiger partial charge in [-0.1, -0.05) is 11.6 Å². The summed E-state index contributed by atoms with van der Waals surface area (Å²) in [5.41, 5.74) is 3.07. The molecule has 1 saturated heterocycles. The SMILES string of the molecule is CCOC(=O)COc1ccc(/C=N\NC(=O)[C@@H]2CCCN2S(=O)(=O)c2ccc(Cl)cc2)cc1Br. The number of nitrogens with one attached hydrogen (secondary N) is 1. The molecule has 1 amide bonds. The number of carbonyl (C=O) groups is 2. The van der Waals surface area contributed by atoms with Crippen LogP contribution in [0.1, 0.15) is 25.3 Å². The van der Waals surface area contributed by atoms with Crippen molar-refractivity contribution < 1.29 is 27.5 Å². The summed E-state index contributed by atoms with van der Waals surface area (Å²) in [6, 6.07) is 10.00. The number of rotatable bonds is 9. The van der Waals surface area contributed by atoms with Gasteiger partial charge in [0.15, 0.2) is 6.61 Å². The minimum atomic E-state index is -3.84. The van der Waals surface area contributed by atoms with Crippen LogP contribution in [0.15, 0.2) is 56.9 Å². The number of esters is 1. The topological polar surface area (TPSA) is 114 Å². The Morgan fingerprint density at radius 2 is 2.00 bits per heavy atom. The van der Waals surface area contributed by atoms with E-state index in [0.717, 1.165) is 0 Å². The zero-order valence-electron chi connectivity index (χ0n) is 18.2. The van der Waals surface area contributed by atoms with E-state index < -0.39 is 27.9 Å². The highest BCUT2D eigenvalue weighted by Gasteiger charge is 2.39. The highest BCUT2D eigenvalue weighted by Crippen LogP contribution is 2.27. The zero-order chi connectivity index (χ0) is 24.7. The Labute approximate surface area is 211 Å². The van der Waals surface area contributed by atoms with Gasteiger partial charge >= 0.3 is 5.97 Å². The molecule has 3 rings (SSSR count). The molecule has 0 aromatic heterocycles. The van der Waals surface area contributed by atoms with Crippen LogP contribution in [-0.2, 0) is 24.3 Å². The monoisotopic (exact) mass is 571 g/mol. The lowest BCUT2D eigenvalue weighted by atomic mass is 10.2.